The van der Waals surface area contributed by atoms with Gasteiger partial charge in [0.05, 0.1) is 0 Å². The number of ether oxygens (including phenoxy) is 2. The van der Waals surface area contributed by atoms with Gasteiger partial charge in [-0.05, 0) is 36.0 Å². The van der Waals surface area contributed by atoms with Gasteiger partial charge in [-0.15, -0.1) is 8.78 Å². The summed E-state index contributed by atoms with van der Waals surface area (Å²) in [6.07, 6.45) is -1.31. The lowest BCUT2D eigenvalue weighted by molar-refractivity contribution is -0.286. The van der Waals surface area contributed by atoms with Crippen LogP contribution in [0.2, 0.25) is 0 Å². The molecule has 1 aromatic rings. The summed E-state index contributed by atoms with van der Waals surface area (Å²) in [4.78, 5) is 0. The highest BCUT2D eigenvalue weighted by Crippen LogP contribution is 2.51. The highest BCUT2D eigenvalue weighted by atomic mass is 19.3. The van der Waals surface area contributed by atoms with Gasteiger partial charge in [-0.2, -0.15) is 0 Å². The first-order chi connectivity index (χ1) is 7.99. The molecule has 2 nitrogen and oxygen atoms in total. The third-order valence-corrected chi connectivity index (χ3v) is 3.10. The number of hydrogen-bond acceptors (Lipinski definition) is 2. The number of halogens is 2. The smallest absolute Gasteiger partial charge is 0.395 e. The van der Waals surface area contributed by atoms with Gasteiger partial charge in [-0.3, -0.25) is 0 Å². The zero-order chi connectivity index (χ0) is 12.7. The molecule has 3 rings (SSSR count). The van der Waals surface area contributed by atoms with E-state index >= 15 is 0 Å². The SMILES string of the molecule is CC.CC1(c2ccc3c(c2)OC(F)(F)O3)CC1. The zero-order valence-corrected chi connectivity index (χ0v) is 10.2. The third-order valence-electron chi connectivity index (χ3n) is 3.10. The largest absolute Gasteiger partial charge is 0.586 e. The Morgan fingerprint density at radius 2 is 1.65 bits per heavy atom. The Labute approximate surface area is 99.5 Å². The molecule has 17 heavy (non-hydrogen) atoms. The fourth-order valence-corrected chi connectivity index (χ4v) is 1.80. The Bertz CT molecular complexity index is 425. The minimum absolute atomic E-state index is 0.119. The predicted molar refractivity (Wildman–Crippen MR) is 60.6 cm³/mol. The second-order valence-corrected chi connectivity index (χ2v) is 4.39. The molecule has 94 valence electrons. The first-order valence-corrected chi connectivity index (χ1v) is 5.89. The van der Waals surface area contributed by atoms with E-state index in [1.54, 1.807) is 12.1 Å². The van der Waals surface area contributed by atoms with Gasteiger partial charge in [-0.1, -0.05) is 26.8 Å². The minimum atomic E-state index is -3.51. The van der Waals surface area contributed by atoms with Gasteiger partial charge in [0.1, 0.15) is 0 Å². The molecule has 0 radical (unpaired) electrons. The van der Waals surface area contributed by atoms with Crippen LogP contribution >= 0.6 is 0 Å². The first kappa shape index (κ1) is 12.1. The summed E-state index contributed by atoms with van der Waals surface area (Å²) in [5, 5.41) is 0. The maximum Gasteiger partial charge on any atom is 0.586 e. The summed E-state index contributed by atoms with van der Waals surface area (Å²) < 4.78 is 34.2. The second kappa shape index (κ2) is 3.86. The van der Waals surface area contributed by atoms with Crippen LogP contribution in [0.25, 0.3) is 0 Å². The fourth-order valence-electron chi connectivity index (χ4n) is 1.80. The Morgan fingerprint density at radius 3 is 2.24 bits per heavy atom. The van der Waals surface area contributed by atoms with Crippen molar-refractivity contribution in [3.63, 3.8) is 0 Å². The molecule has 1 aromatic carbocycles. The second-order valence-electron chi connectivity index (χ2n) is 4.39. The van der Waals surface area contributed by atoms with E-state index < -0.39 is 6.29 Å². The molecule has 1 aliphatic heterocycles. The van der Waals surface area contributed by atoms with Gasteiger partial charge in [-0.25, -0.2) is 0 Å². The first-order valence-electron chi connectivity index (χ1n) is 5.89. The number of fused-ring (bicyclic) bond motifs is 1. The van der Waals surface area contributed by atoms with Crippen LogP contribution in [0, 0.1) is 0 Å². The van der Waals surface area contributed by atoms with Crippen molar-refractivity contribution in [1.29, 1.82) is 0 Å². The molecule has 0 bridgehead atoms. The molecule has 0 spiro atoms. The normalized spacial score (nSPS) is 21.5. The molecule has 1 saturated carbocycles. The molecule has 0 N–H and O–H groups in total. The van der Waals surface area contributed by atoms with E-state index in [-0.39, 0.29) is 16.9 Å². The average molecular weight is 242 g/mol. The van der Waals surface area contributed by atoms with E-state index in [2.05, 4.69) is 16.4 Å². The fraction of sp³-hybridized carbons (Fsp3) is 0.538. The molecule has 4 heteroatoms. The molecule has 0 aromatic heterocycles. The highest BCUT2D eigenvalue weighted by Gasteiger charge is 2.45. The maximum atomic E-state index is 12.7. The summed E-state index contributed by atoms with van der Waals surface area (Å²) in [7, 11) is 0. The van der Waals surface area contributed by atoms with Gasteiger partial charge in [0.25, 0.3) is 0 Å². The van der Waals surface area contributed by atoms with Gasteiger partial charge in [0.2, 0.25) is 0 Å². The molecule has 1 heterocycles. The van der Waals surface area contributed by atoms with Gasteiger partial charge in [0, 0.05) is 0 Å². The van der Waals surface area contributed by atoms with E-state index in [0.29, 0.717) is 0 Å². The van der Waals surface area contributed by atoms with Crippen LogP contribution in [0.3, 0.4) is 0 Å². The summed E-state index contributed by atoms with van der Waals surface area (Å²) in [6, 6.07) is 5.04. The summed E-state index contributed by atoms with van der Waals surface area (Å²) >= 11 is 0. The molecule has 0 unspecified atom stereocenters. The molecule has 0 atom stereocenters. The third kappa shape index (κ3) is 2.21. The van der Waals surface area contributed by atoms with Crippen molar-refractivity contribution >= 4 is 0 Å². The topological polar surface area (TPSA) is 18.5 Å². The van der Waals surface area contributed by atoms with Crippen molar-refractivity contribution in [2.24, 2.45) is 0 Å². The predicted octanol–water partition coefficient (Wildman–Crippen LogP) is 4.09. The lowest BCUT2D eigenvalue weighted by atomic mass is 9.98. The van der Waals surface area contributed by atoms with Gasteiger partial charge in [0.15, 0.2) is 11.5 Å². The summed E-state index contributed by atoms with van der Waals surface area (Å²) in [5.41, 5.74) is 1.19. The monoisotopic (exact) mass is 242 g/mol. The minimum Gasteiger partial charge on any atom is -0.395 e. The van der Waals surface area contributed by atoms with E-state index in [1.807, 2.05) is 19.9 Å². The van der Waals surface area contributed by atoms with Crippen LogP contribution in [0.15, 0.2) is 18.2 Å². The summed E-state index contributed by atoms with van der Waals surface area (Å²) in [6.45, 7) is 6.11. The average Bonchev–Trinajstić information content (AvgIpc) is 2.94. The van der Waals surface area contributed by atoms with Crippen molar-refractivity contribution < 1.29 is 18.3 Å². The number of rotatable bonds is 1. The number of benzene rings is 1. The lowest BCUT2D eigenvalue weighted by Crippen LogP contribution is -2.25. The van der Waals surface area contributed by atoms with Gasteiger partial charge >= 0.3 is 6.29 Å². The Hall–Kier alpha value is -1.32. The van der Waals surface area contributed by atoms with Crippen LogP contribution < -0.4 is 9.47 Å². The van der Waals surface area contributed by atoms with E-state index in [0.717, 1.165) is 18.4 Å². The quantitative estimate of drug-likeness (QED) is 0.738. The van der Waals surface area contributed by atoms with E-state index in [1.165, 1.54) is 0 Å². The number of hydrogen-bond donors (Lipinski definition) is 0. The maximum absolute atomic E-state index is 12.7. The molecule has 2 aliphatic rings. The van der Waals surface area contributed by atoms with Crippen molar-refractivity contribution in [1.82, 2.24) is 0 Å². The van der Waals surface area contributed by atoms with Crippen LogP contribution in [-0.4, -0.2) is 6.29 Å². The van der Waals surface area contributed by atoms with Crippen LogP contribution in [-0.2, 0) is 5.41 Å². The van der Waals surface area contributed by atoms with Crippen LogP contribution in [0.4, 0.5) is 8.78 Å². The molecule has 0 saturated heterocycles. The Balaban J connectivity index is 0.000000514. The van der Waals surface area contributed by atoms with Crippen LogP contribution in [0.5, 0.6) is 11.5 Å². The Morgan fingerprint density at radius 1 is 1.06 bits per heavy atom. The van der Waals surface area contributed by atoms with Gasteiger partial charge < -0.3 is 9.47 Å². The standard InChI is InChI=1S/C11H10F2O2.C2H6/c1-10(4-5-10)7-2-3-8-9(6-7)15-11(12,13)14-8;1-2/h2-3,6H,4-5H2,1H3;1-2H3. The summed E-state index contributed by atoms with van der Waals surface area (Å²) in [5.74, 6) is 0.263. The van der Waals surface area contributed by atoms with Crippen LogP contribution in [0.1, 0.15) is 39.2 Å². The molecular weight excluding hydrogens is 226 g/mol. The van der Waals surface area contributed by atoms with E-state index in [9.17, 15) is 8.78 Å². The number of alkyl halides is 2. The molecular formula is C13H16F2O2. The molecule has 1 aliphatic carbocycles. The molecule has 0 amide bonds. The van der Waals surface area contributed by atoms with Crippen molar-refractivity contribution in [3.8, 4) is 11.5 Å². The van der Waals surface area contributed by atoms with Crippen molar-refractivity contribution in [3.05, 3.63) is 23.8 Å². The zero-order valence-electron chi connectivity index (χ0n) is 10.2. The Kier molecular flexibility index (Phi) is 2.76. The lowest BCUT2D eigenvalue weighted by Gasteiger charge is -2.08. The van der Waals surface area contributed by atoms with Crippen molar-refractivity contribution in [2.75, 3.05) is 0 Å². The molecule has 1 fully saturated rings. The van der Waals surface area contributed by atoms with Crippen molar-refractivity contribution in [2.45, 2.75) is 45.3 Å². The highest BCUT2D eigenvalue weighted by molar-refractivity contribution is 5.48. The van der Waals surface area contributed by atoms with E-state index in [4.69, 9.17) is 0 Å².